The zero-order valence-electron chi connectivity index (χ0n) is 14.2. The molecule has 0 saturated carbocycles. The third-order valence-corrected chi connectivity index (χ3v) is 5.98. The van der Waals surface area contributed by atoms with E-state index in [0.29, 0.717) is 33.5 Å². The Morgan fingerprint density at radius 1 is 1.35 bits per heavy atom. The predicted octanol–water partition coefficient (Wildman–Crippen LogP) is 3.93. The van der Waals surface area contributed by atoms with Crippen molar-refractivity contribution in [1.29, 1.82) is 0 Å². The SMILES string of the molecule is CCCn1c(SCC(=O)NCc2ccccc2Cl)nc2ccsc2c1=O. The maximum Gasteiger partial charge on any atom is 0.272 e. The predicted molar refractivity (Wildman–Crippen MR) is 108 cm³/mol. The molecule has 0 fully saturated rings. The molecule has 0 aliphatic heterocycles. The van der Waals surface area contributed by atoms with Crippen molar-refractivity contribution in [3.05, 3.63) is 56.7 Å². The lowest BCUT2D eigenvalue weighted by atomic mass is 10.2. The van der Waals surface area contributed by atoms with Crippen molar-refractivity contribution in [2.24, 2.45) is 0 Å². The normalized spacial score (nSPS) is 11.0. The Labute approximate surface area is 164 Å². The molecule has 0 saturated heterocycles. The van der Waals surface area contributed by atoms with Gasteiger partial charge in [0.25, 0.3) is 5.56 Å². The minimum absolute atomic E-state index is 0.0363. The molecule has 3 rings (SSSR count). The van der Waals surface area contributed by atoms with Gasteiger partial charge < -0.3 is 5.32 Å². The van der Waals surface area contributed by atoms with E-state index in [1.165, 1.54) is 23.1 Å². The van der Waals surface area contributed by atoms with Crippen molar-refractivity contribution in [2.45, 2.75) is 31.6 Å². The first kappa shape index (κ1) is 18.9. The summed E-state index contributed by atoms with van der Waals surface area (Å²) in [5, 5.41) is 5.92. The zero-order valence-corrected chi connectivity index (χ0v) is 16.6. The second kappa shape index (κ2) is 8.70. The van der Waals surface area contributed by atoms with Gasteiger partial charge in [0.05, 0.1) is 11.3 Å². The second-order valence-corrected chi connectivity index (χ2v) is 7.91. The van der Waals surface area contributed by atoms with Gasteiger partial charge >= 0.3 is 0 Å². The Hall–Kier alpha value is -1.83. The molecular weight excluding hydrogens is 390 g/mol. The smallest absolute Gasteiger partial charge is 0.272 e. The molecule has 0 aliphatic carbocycles. The van der Waals surface area contributed by atoms with Gasteiger partial charge in [0.2, 0.25) is 5.91 Å². The molecule has 1 aromatic carbocycles. The van der Waals surface area contributed by atoms with Crippen molar-refractivity contribution < 1.29 is 4.79 Å². The summed E-state index contributed by atoms with van der Waals surface area (Å²) in [6, 6.07) is 9.23. The molecule has 0 bridgehead atoms. The molecular formula is C18H18ClN3O2S2. The quantitative estimate of drug-likeness (QED) is 0.476. The van der Waals surface area contributed by atoms with E-state index in [2.05, 4.69) is 10.3 Å². The van der Waals surface area contributed by atoms with Gasteiger partial charge in [-0.15, -0.1) is 11.3 Å². The molecule has 1 amide bonds. The summed E-state index contributed by atoms with van der Waals surface area (Å²) in [7, 11) is 0. The second-order valence-electron chi connectivity index (χ2n) is 5.64. The molecule has 2 heterocycles. The first-order valence-corrected chi connectivity index (χ1v) is 10.5. The highest BCUT2D eigenvalue weighted by Crippen LogP contribution is 2.21. The molecule has 3 aromatic rings. The van der Waals surface area contributed by atoms with Crippen LogP contribution in [0.25, 0.3) is 10.2 Å². The topological polar surface area (TPSA) is 64.0 Å². The highest BCUT2D eigenvalue weighted by Gasteiger charge is 2.13. The van der Waals surface area contributed by atoms with Crippen LogP contribution in [0.15, 0.2) is 45.7 Å². The number of aromatic nitrogens is 2. The summed E-state index contributed by atoms with van der Waals surface area (Å²) in [6.45, 7) is 2.97. The number of carbonyl (C=O) groups excluding carboxylic acids is 1. The molecule has 5 nitrogen and oxygen atoms in total. The fourth-order valence-corrected chi connectivity index (χ4v) is 4.31. The lowest BCUT2D eigenvalue weighted by Crippen LogP contribution is -2.26. The highest BCUT2D eigenvalue weighted by atomic mass is 35.5. The Morgan fingerprint density at radius 3 is 2.92 bits per heavy atom. The summed E-state index contributed by atoms with van der Waals surface area (Å²) >= 11 is 8.77. The van der Waals surface area contributed by atoms with Gasteiger partial charge in [0.1, 0.15) is 4.70 Å². The van der Waals surface area contributed by atoms with E-state index < -0.39 is 0 Å². The third-order valence-electron chi connectivity index (χ3n) is 3.74. The Balaban J connectivity index is 1.68. The number of carbonyl (C=O) groups is 1. The van der Waals surface area contributed by atoms with Gasteiger partial charge in [-0.2, -0.15) is 0 Å². The van der Waals surface area contributed by atoms with Gasteiger partial charge in [0.15, 0.2) is 5.16 Å². The monoisotopic (exact) mass is 407 g/mol. The van der Waals surface area contributed by atoms with Crippen LogP contribution in [-0.4, -0.2) is 21.2 Å². The molecule has 0 unspecified atom stereocenters. The minimum Gasteiger partial charge on any atom is -0.351 e. The summed E-state index contributed by atoms with van der Waals surface area (Å²) in [5.41, 5.74) is 1.52. The lowest BCUT2D eigenvalue weighted by molar-refractivity contribution is -0.118. The number of nitrogens with zero attached hydrogens (tertiary/aromatic N) is 2. The highest BCUT2D eigenvalue weighted by molar-refractivity contribution is 7.99. The van der Waals surface area contributed by atoms with E-state index in [0.717, 1.165) is 12.0 Å². The summed E-state index contributed by atoms with van der Waals surface area (Å²) in [4.78, 5) is 29.3. The van der Waals surface area contributed by atoms with Gasteiger partial charge in [-0.05, 0) is 29.5 Å². The van der Waals surface area contributed by atoms with E-state index in [1.807, 2.05) is 36.6 Å². The summed E-state index contributed by atoms with van der Waals surface area (Å²) in [6.07, 6.45) is 0.824. The van der Waals surface area contributed by atoms with E-state index in [-0.39, 0.29) is 17.2 Å². The number of halogens is 1. The van der Waals surface area contributed by atoms with Crippen molar-refractivity contribution in [3.8, 4) is 0 Å². The summed E-state index contributed by atoms with van der Waals surface area (Å²) in [5.74, 6) is 0.0635. The van der Waals surface area contributed by atoms with E-state index >= 15 is 0 Å². The van der Waals surface area contributed by atoms with Crippen LogP contribution in [0.1, 0.15) is 18.9 Å². The zero-order chi connectivity index (χ0) is 18.5. The van der Waals surface area contributed by atoms with Crippen LogP contribution < -0.4 is 10.9 Å². The number of thiophene rings is 1. The van der Waals surface area contributed by atoms with Crippen LogP contribution in [0.5, 0.6) is 0 Å². The number of thioether (sulfide) groups is 1. The van der Waals surface area contributed by atoms with Crippen molar-refractivity contribution >= 4 is 50.8 Å². The average Bonchev–Trinajstić information content (AvgIpc) is 3.11. The van der Waals surface area contributed by atoms with Crippen molar-refractivity contribution in [3.63, 3.8) is 0 Å². The molecule has 0 spiro atoms. The maximum atomic E-state index is 12.6. The van der Waals surface area contributed by atoms with Crippen LogP contribution >= 0.6 is 34.7 Å². The third kappa shape index (κ3) is 4.28. The van der Waals surface area contributed by atoms with Crippen LogP contribution in [0.3, 0.4) is 0 Å². The number of fused-ring (bicyclic) bond motifs is 1. The summed E-state index contributed by atoms with van der Waals surface area (Å²) < 4.78 is 2.32. The van der Waals surface area contributed by atoms with Gasteiger partial charge in [-0.25, -0.2) is 4.98 Å². The molecule has 0 radical (unpaired) electrons. The average molecular weight is 408 g/mol. The van der Waals surface area contributed by atoms with Crippen LogP contribution in [0, 0.1) is 0 Å². The number of hydrogen-bond donors (Lipinski definition) is 1. The van der Waals surface area contributed by atoms with E-state index in [4.69, 9.17) is 11.6 Å². The van der Waals surface area contributed by atoms with Crippen molar-refractivity contribution in [2.75, 3.05) is 5.75 Å². The Bertz CT molecular complexity index is 984. The van der Waals surface area contributed by atoms with Gasteiger partial charge in [-0.1, -0.05) is 48.5 Å². The van der Waals surface area contributed by atoms with Crippen LogP contribution in [0.4, 0.5) is 0 Å². The van der Waals surface area contributed by atoms with E-state index in [9.17, 15) is 9.59 Å². The standard InChI is InChI=1S/C18H18ClN3O2S2/c1-2-8-22-17(24)16-14(7-9-25-16)21-18(22)26-11-15(23)20-10-12-5-3-4-6-13(12)19/h3-7,9H,2,8,10-11H2,1H3,(H,20,23). The fraction of sp³-hybridized carbons (Fsp3) is 0.278. The molecule has 0 atom stereocenters. The molecule has 8 heteroatoms. The van der Waals surface area contributed by atoms with Gasteiger partial charge in [-0.3, -0.25) is 14.2 Å². The molecule has 0 aliphatic rings. The lowest BCUT2D eigenvalue weighted by Gasteiger charge is -2.11. The van der Waals surface area contributed by atoms with E-state index in [1.54, 1.807) is 10.6 Å². The first-order valence-electron chi connectivity index (χ1n) is 8.21. The molecule has 136 valence electrons. The minimum atomic E-state index is -0.127. The van der Waals surface area contributed by atoms with Gasteiger partial charge in [0, 0.05) is 18.1 Å². The van der Waals surface area contributed by atoms with Crippen LogP contribution in [0.2, 0.25) is 5.02 Å². The Morgan fingerprint density at radius 2 is 2.15 bits per heavy atom. The number of nitrogens with one attached hydrogen (secondary N) is 1. The molecule has 26 heavy (non-hydrogen) atoms. The largest absolute Gasteiger partial charge is 0.351 e. The maximum absolute atomic E-state index is 12.6. The number of amides is 1. The molecule has 1 N–H and O–H groups in total. The number of hydrogen-bond acceptors (Lipinski definition) is 5. The Kier molecular flexibility index (Phi) is 6.34. The number of benzene rings is 1. The first-order chi connectivity index (χ1) is 12.6. The van der Waals surface area contributed by atoms with Crippen LogP contribution in [-0.2, 0) is 17.9 Å². The fourth-order valence-electron chi connectivity index (χ4n) is 2.47. The number of rotatable bonds is 7. The molecule has 2 aromatic heterocycles. The van der Waals surface area contributed by atoms with Crippen molar-refractivity contribution in [1.82, 2.24) is 14.9 Å².